The number of rotatable bonds is 24. The Hall–Kier alpha value is -5.08. The fourth-order valence-electron chi connectivity index (χ4n) is 8.55. The first-order valence-electron chi connectivity index (χ1n) is 23.0. The highest BCUT2D eigenvalue weighted by atomic mass is 14.5. The second kappa shape index (κ2) is 23.5. The summed E-state index contributed by atoms with van der Waals surface area (Å²) in [5.74, 6) is 0. The second-order valence-corrected chi connectivity index (χ2v) is 17.2. The van der Waals surface area contributed by atoms with Gasteiger partial charge in [0.25, 0.3) is 0 Å². The van der Waals surface area contributed by atoms with Crippen molar-refractivity contribution in [2.45, 2.75) is 136 Å². The maximum atomic E-state index is 5.96. The highest BCUT2D eigenvalue weighted by Gasteiger charge is 2.10. The number of aryl methyl sites for hydroxylation is 2. The summed E-state index contributed by atoms with van der Waals surface area (Å²) in [5, 5.41) is 0. The van der Waals surface area contributed by atoms with Gasteiger partial charge in [0.1, 0.15) is 0 Å². The molecular formula is C57H70N2. The van der Waals surface area contributed by atoms with E-state index in [4.69, 9.17) is 11.5 Å². The molecule has 6 rings (SSSR count). The van der Waals surface area contributed by atoms with Gasteiger partial charge in [-0.05, 0) is 149 Å². The van der Waals surface area contributed by atoms with Gasteiger partial charge in [0.15, 0.2) is 0 Å². The van der Waals surface area contributed by atoms with Crippen molar-refractivity contribution in [3.8, 4) is 0 Å². The molecule has 0 bridgehead atoms. The zero-order valence-electron chi connectivity index (χ0n) is 36.3. The second-order valence-electron chi connectivity index (χ2n) is 17.2. The van der Waals surface area contributed by atoms with Crippen molar-refractivity contribution < 1.29 is 0 Å². The molecule has 0 saturated heterocycles. The number of nitrogens with two attached hydrogens (primary N) is 2. The summed E-state index contributed by atoms with van der Waals surface area (Å²) in [6.45, 7) is 4.59. The van der Waals surface area contributed by atoms with Crippen LogP contribution in [0.3, 0.4) is 0 Å². The Kier molecular flexibility index (Phi) is 17.3. The minimum absolute atomic E-state index is 0.823. The molecule has 0 unspecified atom stereocenters. The van der Waals surface area contributed by atoms with Gasteiger partial charge in [-0.25, -0.2) is 0 Å². The Morgan fingerprint density at radius 1 is 0.271 bits per heavy atom. The van der Waals surface area contributed by atoms with Crippen LogP contribution >= 0.6 is 0 Å². The van der Waals surface area contributed by atoms with Crippen molar-refractivity contribution >= 4 is 11.4 Å². The van der Waals surface area contributed by atoms with Gasteiger partial charge in [-0.2, -0.15) is 0 Å². The zero-order chi connectivity index (χ0) is 41.1. The van der Waals surface area contributed by atoms with Crippen LogP contribution < -0.4 is 11.5 Å². The van der Waals surface area contributed by atoms with E-state index in [-0.39, 0.29) is 0 Å². The molecule has 0 aromatic heterocycles. The molecule has 0 aliphatic carbocycles. The highest BCUT2D eigenvalue weighted by Crippen LogP contribution is 2.25. The lowest BCUT2D eigenvalue weighted by atomic mass is 9.91. The largest absolute Gasteiger partial charge is 0.399 e. The molecule has 59 heavy (non-hydrogen) atoms. The normalized spacial score (nSPS) is 11.3. The van der Waals surface area contributed by atoms with Gasteiger partial charge in [-0.3, -0.25) is 0 Å². The molecular weight excluding hydrogens is 713 g/mol. The molecule has 0 aliphatic rings. The highest BCUT2D eigenvalue weighted by molar-refractivity contribution is 5.44. The lowest BCUT2D eigenvalue weighted by molar-refractivity contribution is 0.606. The van der Waals surface area contributed by atoms with E-state index in [1.165, 1.54) is 144 Å². The van der Waals surface area contributed by atoms with Gasteiger partial charge < -0.3 is 11.5 Å². The van der Waals surface area contributed by atoms with Gasteiger partial charge in [0.05, 0.1) is 0 Å². The fraction of sp³-hybridized carbons (Fsp3) is 0.368. The van der Waals surface area contributed by atoms with E-state index in [9.17, 15) is 0 Å². The first kappa shape index (κ1) is 43.5. The van der Waals surface area contributed by atoms with Crippen LogP contribution in [0, 0.1) is 0 Å². The molecule has 0 heterocycles. The van der Waals surface area contributed by atoms with E-state index in [1.807, 2.05) is 24.3 Å². The summed E-state index contributed by atoms with van der Waals surface area (Å²) in [4.78, 5) is 0. The van der Waals surface area contributed by atoms with Crippen LogP contribution in [0.15, 0.2) is 133 Å². The number of benzene rings is 6. The van der Waals surface area contributed by atoms with Crippen LogP contribution in [0.5, 0.6) is 0 Å². The molecule has 6 aromatic rings. The number of anilines is 2. The quantitative estimate of drug-likeness (QED) is 0.0474. The van der Waals surface area contributed by atoms with Crippen molar-refractivity contribution in [3.05, 3.63) is 200 Å². The molecule has 308 valence electrons. The lowest BCUT2D eigenvalue weighted by Crippen LogP contribution is -2.00. The Labute approximate surface area is 357 Å². The van der Waals surface area contributed by atoms with E-state index in [2.05, 4.69) is 123 Å². The molecule has 0 spiro atoms. The van der Waals surface area contributed by atoms with Crippen molar-refractivity contribution in [2.75, 3.05) is 11.5 Å². The third-order valence-electron chi connectivity index (χ3n) is 12.2. The van der Waals surface area contributed by atoms with Gasteiger partial charge in [-0.15, -0.1) is 0 Å². The lowest BCUT2D eigenvalue weighted by Gasteiger charge is -2.14. The number of unbranched alkanes of at least 4 members (excludes halogenated alkanes) is 10. The topological polar surface area (TPSA) is 52.0 Å². The predicted octanol–water partition coefficient (Wildman–Crippen LogP) is 14.6. The molecule has 0 radical (unpaired) electrons. The van der Waals surface area contributed by atoms with Crippen LogP contribution in [0.1, 0.15) is 158 Å². The smallest absolute Gasteiger partial charge is 0.0314 e. The zero-order valence-corrected chi connectivity index (χ0v) is 36.3. The van der Waals surface area contributed by atoms with E-state index in [1.54, 1.807) is 0 Å². The first-order chi connectivity index (χ1) is 28.9. The van der Waals surface area contributed by atoms with Gasteiger partial charge in [-0.1, -0.05) is 187 Å². The Balaban J connectivity index is 1.07. The molecule has 4 N–H and O–H groups in total. The van der Waals surface area contributed by atoms with Crippen LogP contribution in [0.4, 0.5) is 11.4 Å². The number of hydrogen-bond acceptors (Lipinski definition) is 2. The minimum Gasteiger partial charge on any atom is -0.399 e. The summed E-state index contributed by atoms with van der Waals surface area (Å²) in [5.41, 5.74) is 30.4. The summed E-state index contributed by atoms with van der Waals surface area (Å²) < 4.78 is 0. The maximum Gasteiger partial charge on any atom is 0.0314 e. The minimum atomic E-state index is 0.823. The molecule has 0 aliphatic heterocycles. The van der Waals surface area contributed by atoms with Crippen molar-refractivity contribution in [3.63, 3.8) is 0 Å². The van der Waals surface area contributed by atoms with Crippen LogP contribution in [-0.4, -0.2) is 0 Å². The van der Waals surface area contributed by atoms with E-state index in [0.29, 0.717) is 0 Å². The molecule has 2 nitrogen and oxygen atoms in total. The monoisotopic (exact) mass is 783 g/mol. The van der Waals surface area contributed by atoms with Gasteiger partial charge in [0, 0.05) is 11.4 Å². The van der Waals surface area contributed by atoms with Crippen molar-refractivity contribution in [1.29, 1.82) is 0 Å². The molecule has 6 aromatic carbocycles. The third-order valence-corrected chi connectivity index (χ3v) is 12.2. The Morgan fingerprint density at radius 3 is 0.898 bits per heavy atom. The van der Waals surface area contributed by atoms with Crippen LogP contribution in [-0.2, 0) is 44.9 Å². The summed E-state index contributed by atoms with van der Waals surface area (Å²) in [6, 6.07) is 49.8. The maximum absolute atomic E-state index is 5.96. The standard InChI is InChI=1S/C57H70N2/c1-3-5-7-9-11-13-15-52-42-50(38-46-27-33-56(58)34-28-46)25-31-54(52)40-48-21-17-44(18-22-48)37-45-19-23-49(24-20-45)41-55-32-26-51(39-47-29-35-57(59)36-30-47)43-53(55)16-14-12-10-8-6-4-2/h17-36,42-43H,3-16,37-41,58-59H2,1-2H3. The van der Waals surface area contributed by atoms with E-state index in [0.717, 1.165) is 56.3 Å². The number of hydrogen-bond donors (Lipinski definition) is 2. The Bertz CT molecular complexity index is 1950. The first-order valence-corrected chi connectivity index (χ1v) is 23.0. The van der Waals surface area contributed by atoms with Crippen LogP contribution in [0.2, 0.25) is 0 Å². The summed E-state index contributed by atoms with van der Waals surface area (Å²) in [7, 11) is 0. The molecule has 2 heteroatoms. The number of nitrogen functional groups attached to an aromatic ring is 2. The third kappa shape index (κ3) is 14.6. The SMILES string of the molecule is CCCCCCCCc1cc(Cc2ccc(N)cc2)ccc1Cc1ccc(Cc2ccc(Cc3ccc(Cc4ccc(N)cc4)cc3CCCCCCCC)cc2)cc1. The van der Waals surface area contributed by atoms with Gasteiger partial charge >= 0.3 is 0 Å². The molecule has 0 atom stereocenters. The molecule has 0 fully saturated rings. The Morgan fingerprint density at radius 2 is 0.542 bits per heavy atom. The van der Waals surface area contributed by atoms with E-state index >= 15 is 0 Å². The van der Waals surface area contributed by atoms with Crippen LogP contribution in [0.25, 0.3) is 0 Å². The van der Waals surface area contributed by atoms with Gasteiger partial charge in [0.2, 0.25) is 0 Å². The average Bonchev–Trinajstić information content (AvgIpc) is 3.25. The van der Waals surface area contributed by atoms with Crippen molar-refractivity contribution in [2.24, 2.45) is 0 Å². The van der Waals surface area contributed by atoms with E-state index < -0.39 is 0 Å². The predicted molar refractivity (Wildman–Crippen MR) is 256 cm³/mol. The summed E-state index contributed by atoms with van der Waals surface area (Å²) >= 11 is 0. The van der Waals surface area contributed by atoms with Crippen molar-refractivity contribution in [1.82, 2.24) is 0 Å². The molecule has 0 amide bonds. The average molecular weight is 783 g/mol. The molecule has 0 saturated carbocycles. The summed E-state index contributed by atoms with van der Waals surface area (Å²) in [6.07, 6.45) is 23.0. The fourth-order valence-corrected chi connectivity index (χ4v) is 8.55.